The van der Waals surface area contributed by atoms with Gasteiger partial charge in [-0.05, 0) is 12.1 Å². The molecule has 0 aromatic carbocycles. The van der Waals surface area contributed by atoms with Crippen molar-refractivity contribution in [3.05, 3.63) is 35.1 Å². The summed E-state index contributed by atoms with van der Waals surface area (Å²) < 4.78 is 1.61. The van der Waals surface area contributed by atoms with Crippen LogP contribution in [0.2, 0.25) is 5.02 Å². The molecular weight excluding hydrogens is 200 g/mol. The van der Waals surface area contributed by atoms with Crippen LogP contribution in [0.3, 0.4) is 0 Å². The highest BCUT2D eigenvalue weighted by atomic mass is 35.5. The molecule has 1 unspecified atom stereocenters. The SMILES string of the molecule is N#CC(N)c1cnn2cccc(Cl)c12. The molecule has 0 radical (unpaired) electrons. The summed E-state index contributed by atoms with van der Waals surface area (Å²) in [7, 11) is 0. The molecule has 0 spiro atoms. The highest BCUT2D eigenvalue weighted by Crippen LogP contribution is 2.23. The lowest BCUT2D eigenvalue weighted by Gasteiger charge is -2.01. The molecule has 0 aliphatic carbocycles. The van der Waals surface area contributed by atoms with E-state index in [1.807, 2.05) is 6.07 Å². The maximum Gasteiger partial charge on any atom is 0.122 e. The van der Waals surface area contributed by atoms with Crippen LogP contribution >= 0.6 is 11.6 Å². The summed E-state index contributed by atoms with van der Waals surface area (Å²) in [6.07, 6.45) is 3.32. The third-order valence-corrected chi connectivity index (χ3v) is 2.30. The van der Waals surface area contributed by atoms with E-state index in [4.69, 9.17) is 22.6 Å². The maximum absolute atomic E-state index is 8.70. The Kier molecular flexibility index (Phi) is 2.12. The lowest BCUT2D eigenvalue weighted by atomic mass is 10.1. The molecule has 70 valence electrons. The minimum atomic E-state index is -0.688. The molecule has 5 heteroatoms. The molecule has 0 fully saturated rings. The third-order valence-electron chi connectivity index (χ3n) is 1.99. The van der Waals surface area contributed by atoms with Crippen molar-refractivity contribution in [3.8, 4) is 6.07 Å². The molecule has 0 bridgehead atoms. The van der Waals surface area contributed by atoms with Crippen LogP contribution in [0.25, 0.3) is 5.52 Å². The first-order valence-corrected chi connectivity index (χ1v) is 4.39. The number of halogens is 1. The highest BCUT2D eigenvalue weighted by Gasteiger charge is 2.13. The van der Waals surface area contributed by atoms with Crippen LogP contribution in [0.5, 0.6) is 0 Å². The van der Waals surface area contributed by atoms with Crippen LogP contribution in [-0.2, 0) is 0 Å². The molecule has 2 heterocycles. The molecule has 0 saturated heterocycles. The summed E-state index contributed by atoms with van der Waals surface area (Å²) in [6.45, 7) is 0. The van der Waals surface area contributed by atoms with E-state index < -0.39 is 6.04 Å². The van der Waals surface area contributed by atoms with Crippen molar-refractivity contribution in [2.45, 2.75) is 6.04 Å². The van der Waals surface area contributed by atoms with E-state index in [0.29, 0.717) is 16.1 Å². The average molecular weight is 207 g/mol. The first kappa shape index (κ1) is 9.00. The molecule has 0 saturated carbocycles. The standard InChI is InChI=1S/C9H7ClN4/c10-7-2-1-3-14-9(7)6(5-13-14)8(12)4-11/h1-3,5,8H,12H2. The fourth-order valence-corrected chi connectivity index (χ4v) is 1.59. The van der Waals surface area contributed by atoms with Gasteiger partial charge in [0.15, 0.2) is 0 Å². The van der Waals surface area contributed by atoms with Crippen molar-refractivity contribution in [2.24, 2.45) is 5.73 Å². The van der Waals surface area contributed by atoms with Gasteiger partial charge in [-0.2, -0.15) is 10.4 Å². The average Bonchev–Trinajstić information content (AvgIpc) is 2.62. The zero-order valence-corrected chi connectivity index (χ0v) is 7.94. The zero-order chi connectivity index (χ0) is 10.1. The minimum Gasteiger partial charge on any atom is -0.312 e. The van der Waals surface area contributed by atoms with Gasteiger partial charge in [-0.25, -0.2) is 4.52 Å². The molecule has 2 aromatic rings. The van der Waals surface area contributed by atoms with E-state index in [1.54, 1.807) is 29.0 Å². The molecule has 2 N–H and O–H groups in total. The number of nitrogens with zero attached hydrogens (tertiary/aromatic N) is 3. The van der Waals surface area contributed by atoms with Crippen molar-refractivity contribution in [1.82, 2.24) is 9.61 Å². The van der Waals surface area contributed by atoms with Crippen molar-refractivity contribution in [1.29, 1.82) is 5.26 Å². The number of fused-ring (bicyclic) bond motifs is 1. The van der Waals surface area contributed by atoms with E-state index in [-0.39, 0.29) is 0 Å². The van der Waals surface area contributed by atoms with Gasteiger partial charge in [0.25, 0.3) is 0 Å². The van der Waals surface area contributed by atoms with Crippen molar-refractivity contribution in [2.75, 3.05) is 0 Å². The van der Waals surface area contributed by atoms with Gasteiger partial charge in [0.1, 0.15) is 6.04 Å². The quantitative estimate of drug-likeness (QED) is 0.769. The van der Waals surface area contributed by atoms with E-state index >= 15 is 0 Å². The van der Waals surface area contributed by atoms with Gasteiger partial charge >= 0.3 is 0 Å². The number of rotatable bonds is 1. The third kappa shape index (κ3) is 1.23. The first-order chi connectivity index (χ1) is 6.74. The van der Waals surface area contributed by atoms with Crippen LogP contribution in [0, 0.1) is 11.3 Å². The van der Waals surface area contributed by atoms with E-state index in [0.717, 1.165) is 0 Å². The van der Waals surface area contributed by atoms with Gasteiger partial charge in [-0.15, -0.1) is 0 Å². The van der Waals surface area contributed by atoms with E-state index in [9.17, 15) is 0 Å². The van der Waals surface area contributed by atoms with Gasteiger partial charge in [-0.1, -0.05) is 11.6 Å². The number of pyridine rings is 1. The van der Waals surface area contributed by atoms with Gasteiger partial charge < -0.3 is 5.73 Å². The Bertz CT molecular complexity index is 511. The number of hydrogen-bond acceptors (Lipinski definition) is 3. The van der Waals surface area contributed by atoms with E-state index in [1.165, 1.54) is 0 Å². The molecular formula is C9H7ClN4. The summed E-state index contributed by atoms with van der Waals surface area (Å²) >= 11 is 5.98. The Hall–Kier alpha value is -1.57. The Morgan fingerprint density at radius 3 is 3.14 bits per heavy atom. The Balaban J connectivity index is 2.74. The molecule has 2 rings (SSSR count). The van der Waals surface area contributed by atoms with Crippen molar-refractivity contribution < 1.29 is 0 Å². The number of nitrogens with two attached hydrogens (primary N) is 1. The lowest BCUT2D eigenvalue weighted by molar-refractivity contribution is 0.936. The summed E-state index contributed by atoms with van der Waals surface area (Å²) in [6, 6.07) is 4.79. The Labute approximate surface area is 85.5 Å². The van der Waals surface area contributed by atoms with Gasteiger partial charge in [0, 0.05) is 11.8 Å². The molecule has 0 aliphatic heterocycles. The first-order valence-electron chi connectivity index (χ1n) is 4.01. The largest absolute Gasteiger partial charge is 0.312 e. The molecule has 2 aromatic heterocycles. The maximum atomic E-state index is 8.70. The Morgan fingerprint density at radius 1 is 1.64 bits per heavy atom. The molecule has 1 atom stereocenters. The van der Waals surface area contributed by atoms with Crippen LogP contribution < -0.4 is 5.73 Å². The van der Waals surface area contributed by atoms with Crippen molar-refractivity contribution >= 4 is 17.1 Å². The van der Waals surface area contributed by atoms with Crippen molar-refractivity contribution in [3.63, 3.8) is 0 Å². The smallest absolute Gasteiger partial charge is 0.122 e. The number of aromatic nitrogens is 2. The predicted molar refractivity (Wildman–Crippen MR) is 52.7 cm³/mol. The molecule has 4 nitrogen and oxygen atoms in total. The van der Waals surface area contributed by atoms with Gasteiger partial charge in [0.05, 0.1) is 22.8 Å². The Morgan fingerprint density at radius 2 is 2.43 bits per heavy atom. The fraction of sp³-hybridized carbons (Fsp3) is 0.111. The van der Waals surface area contributed by atoms with E-state index in [2.05, 4.69) is 5.10 Å². The van der Waals surface area contributed by atoms with Crippen LogP contribution in [0.15, 0.2) is 24.5 Å². The fourth-order valence-electron chi connectivity index (χ4n) is 1.32. The monoisotopic (exact) mass is 206 g/mol. The van der Waals surface area contributed by atoms with Crippen LogP contribution in [0.4, 0.5) is 0 Å². The molecule has 0 amide bonds. The second-order valence-electron chi connectivity index (χ2n) is 2.86. The number of hydrogen-bond donors (Lipinski definition) is 1. The summed E-state index contributed by atoms with van der Waals surface area (Å²) in [5.41, 5.74) is 6.95. The minimum absolute atomic E-state index is 0.547. The second-order valence-corrected chi connectivity index (χ2v) is 3.26. The highest BCUT2D eigenvalue weighted by molar-refractivity contribution is 6.34. The summed E-state index contributed by atoms with van der Waals surface area (Å²) in [5, 5.41) is 13.3. The lowest BCUT2D eigenvalue weighted by Crippen LogP contribution is -2.06. The van der Waals surface area contributed by atoms with Gasteiger partial charge in [-0.3, -0.25) is 0 Å². The predicted octanol–water partition coefficient (Wildman–Crippen LogP) is 1.51. The van der Waals surface area contributed by atoms with Crippen LogP contribution in [-0.4, -0.2) is 9.61 Å². The zero-order valence-electron chi connectivity index (χ0n) is 7.18. The summed E-state index contributed by atoms with van der Waals surface area (Å²) in [4.78, 5) is 0. The van der Waals surface area contributed by atoms with Crippen LogP contribution in [0.1, 0.15) is 11.6 Å². The molecule has 14 heavy (non-hydrogen) atoms. The molecule has 0 aliphatic rings. The van der Waals surface area contributed by atoms with Gasteiger partial charge in [0.2, 0.25) is 0 Å². The topological polar surface area (TPSA) is 67.1 Å². The number of nitriles is 1. The normalized spacial score (nSPS) is 12.6. The second kappa shape index (κ2) is 3.29. The summed E-state index contributed by atoms with van der Waals surface area (Å²) in [5.74, 6) is 0.